The number of carbonyl (C=O) groups is 2. The van der Waals surface area contributed by atoms with E-state index in [-0.39, 0.29) is 12.2 Å². The fraction of sp³-hybridized carbons (Fsp3) is 0.464. The summed E-state index contributed by atoms with van der Waals surface area (Å²) in [4.78, 5) is 28.9. The number of methoxy groups -OCH3 is 1. The largest absolute Gasteiger partial charge is 0.467 e. The van der Waals surface area contributed by atoms with Crippen LogP contribution in [0.15, 0.2) is 42.7 Å². The van der Waals surface area contributed by atoms with E-state index in [1.165, 1.54) is 19.2 Å². The predicted octanol–water partition coefficient (Wildman–Crippen LogP) is 5.24. The topological polar surface area (TPSA) is 101 Å². The van der Waals surface area contributed by atoms with Crippen LogP contribution in [0.25, 0.3) is 11.0 Å². The Kier molecular flexibility index (Phi) is 9.84. The van der Waals surface area contributed by atoms with Gasteiger partial charge >= 0.3 is 12.1 Å². The Morgan fingerprint density at radius 3 is 2.51 bits per heavy atom. The number of nitrogens with one attached hydrogen (secondary N) is 1. The molecule has 0 radical (unpaired) electrons. The molecule has 0 aliphatic carbocycles. The predicted molar refractivity (Wildman–Crippen MR) is 151 cm³/mol. The van der Waals surface area contributed by atoms with Crippen LogP contribution in [-0.4, -0.2) is 71.5 Å². The number of hydrogen-bond donors (Lipinski definition) is 1. The smallest absolute Gasteiger partial charge is 0.408 e. The lowest BCUT2D eigenvalue weighted by atomic mass is 10.1. The Bertz CT molecular complexity index is 1300. The van der Waals surface area contributed by atoms with Gasteiger partial charge in [-0.1, -0.05) is 6.07 Å². The zero-order valence-corrected chi connectivity index (χ0v) is 24.4. The van der Waals surface area contributed by atoms with Gasteiger partial charge in [0.25, 0.3) is 0 Å². The van der Waals surface area contributed by atoms with Gasteiger partial charge in [0.05, 0.1) is 19.1 Å². The van der Waals surface area contributed by atoms with Crippen molar-refractivity contribution >= 4 is 33.1 Å². The molecule has 0 saturated heterocycles. The third-order valence-electron chi connectivity index (χ3n) is 5.53. The van der Waals surface area contributed by atoms with E-state index in [1.54, 1.807) is 39.1 Å². The summed E-state index contributed by atoms with van der Waals surface area (Å²) >= 11 is 0. The van der Waals surface area contributed by atoms with Crippen molar-refractivity contribution in [3.63, 3.8) is 0 Å². The normalized spacial score (nSPS) is 13.1. The van der Waals surface area contributed by atoms with Crippen LogP contribution in [0.2, 0.25) is 0 Å². The zero-order chi connectivity index (χ0) is 28.8. The molecule has 1 amide bonds. The number of alkyl carbamates (subject to hydrolysis) is 1. The minimum atomic E-state index is -1.05. The van der Waals surface area contributed by atoms with Crippen molar-refractivity contribution in [3.8, 4) is 11.5 Å². The molecule has 0 fully saturated rings. The molecular weight excluding hydrogens is 525 g/mol. The molecule has 39 heavy (non-hydrogen) atoms. The number of halogens is 1. The summed E-state index contributed by atoms with van der Waals surface area (Å²) in [6.45, 7) is 6.15. The number of fused-ring (bicyclic) bond motifs is 1. The summed E-state index contributed by atoms with van der Waals surface area (Å²) in [5.41, 5.74) is 0.392. The van der Waals surface area contributed by atoms with Crippen LogP contribution in [0.1, 0.15) is 26.3 Å². The fourth-order valence-corrected chi connectivity index (χ4v) is 4.24. The van der Waals surface area contributed by atoms with Crippen LogP contribution in [0.5, 0.6) is 11.5 Å². The standard InChI is InChI=1S/C28H38FN3O6S/c1-28(2,3)38-27(34)31-22(26(33)35-4)17-19-8-9-24(21(29)16-19)37-23-10-12-30-25-20(23)11-13-32(25)18-36-14-15-39(5,6)7/h8-13,16,22H,14-15,17-18H2,1-7H3,(H,31,34)/t22-/m0/s1. The minimum absolute atomic E-state index is 0.00216. The molecule has 0 saturated carbocycles. The first-order valence-electron chi connectivity index (χ1n) is 12.5. The molecule has 0 aliphatic heterocycles. The second kappa shape index (κ2) is 12.7. The van der Waals surface area contributed by atoms with E-state index in [0.717, 1.165) is 11.1 Å². The van der Waals surface area contributed by atoms with Gasteiger partial charge < -0.3 is 28.8 Å². The van der Waals surface area contributed by atoms with Crippen LogP contribution >= 0.6 is 10.0 Å². The molecule has 1 atom stereocenters. The maximum atomic E-state index is 15.1. The van der Waals surface area contributed by atoms with Gasteiger partial charge in [0.1, 0.15) is 29.8 Å². The molecule has 2 aromatic heterocycles. The summed E-state index contributed by atoms with van der Waals surface area (Å²) in [6, 6.07) is 6.83. The number of amides is 1. The van der Waals surface area contributed by atoms with E-state index in [2.05, 4.69) is 29.1 Å². The van der Waals surface area contributed by atoms with Crippen molar-refractivity contribution < 1.29 is 32.9 Å². The number of aromatic nitrogens is 2. The van der Waals surface area contributed by atoms with E-state index in [0.29, 0.717) is 30.3 Å². The first kappa shape index (κ1) is 30.2. The second-order valence-corrected chi connectivity index (χ2v) is 15.5. The Labute approximate surface area is 230 Å². The molecule has 9 nitrogen and oxygen atoms in total. The molecule has 1 N–H and O–H groups in total. The number of rotatable bonds is 11. The molecule has 11 heteroatoms. The van der Waals surface area contributed by atoms with Crippen molar-refractivity contribution in [1.82, 2.24) is 14.9 Å². The SMILES string of the molecule is COC(=O)[C@H](Cc1ccc(Oc2ccnc3c2ccn3COCCS(C)(C)C)c(F)c1)NC(=O)OC(C)(C)C. The summed E-state index contributed by atoms with van der Waals surface area (Å²) in [5, 5.41) is 3.21. The number of esters is 1. The Morgan fingerprint density at radius 2 is 1.87 bits per heavy atom. The monoisotopic (exact) mass is 563 g/mol. The first-order valence-corrected chi connectivity index (χ1v) is 15.5. The fourth-order valence-electron chi connectivity index (χ4n) is 3.62. The molecule has 0 spiro atoms. The number of benzene rings is 1. The van der Waals surface area contributed by atoms with E-state index in [9.17, 15) is 9.59 Å². The third-order valence-corrected chi connectivity index (χ3v) is 6.92. The van der Waals surface area contributed by atoms with Crippen molar-refractivity contribution in [3.05, 3.63) is 54.1 Å². The Morgan fingerprint density at radius 1 is 1.13 bits per heavy atom. The number of carbonyl (C=O) groups excluding carboxylic acids is 2. The molecule has 1 aromatic carbocycles. The van der Waals surface area contributed by atoms with E-state index in [1.807, 2.05) is 16.8 Å². The number of pyridine rings is 1. The van der Waals surface area contributed by atoms with Gasteiger partial charge in [-0.15, -0.1) is 0 Å². The first-order chi connectivity index (χ1) is 18.3. The maximum absolute atomic E-state index is 15.1. The number of nitrogens with zero attached hydrogens (tertiary/aromatic N) is 2. The van der Waals surface area contributed by atoms with Crippen molar-refractivity contribution in [2.45, 2.75) is 45.6 Å². The average molecular weight is 564 g/mol. The van der Waals surface area contributed by atoms with Crippen LogP contribution in [-0.2, 0) is 32.2 Å². The van der Waals surface area contributed by atoms with Gasteiger partial charge in [0.15, 0.2) is 11.6 Å². The van der Waals surface area contributed by atoms with Crippen LogP contribution in [0.4, 0.5) is 9.18 Å². The average Bonchev–Trinajstić information content (AvgIpc) is 3.25. The second-order valence-electron chi connectivity index (χ2n) is 11.0. The highest BCUT2D eigenvalue weighted by atomic mass is 32.3. The van der Waals surface area contributed by atoms with Gasteiger partial charge in [0.2, 0.25) is 0 Å². The maximum Gasteiger partial charge on any atom is 0.408 e. The number of hydrogen-bond acceptors (Lipinski definition) is 7. The molecule has 0 aliphatic rings. The summed E-state index contributed by atoms with van der Waals surface area (Å²) in [7, 11) is 0.580. The lowest BCUT2D eigenvalue weighted by molar-refractivity contribution is -0.143. The summed E-state index contributed by atoms with van der Waals surface area (Å²) in [5.74, 6) is 0.183. The Hall–Kier alpha value is -3.31. The lowest BCUT2D eigenvalue weighted by Gasteiger charge is -2.24. The minimum Gasteiger partial charge on any atom is -0.467 e. The van der Waals surface area contributed by atoms with Crippen molar-refractivity contribution in [1.29, 1.82) is 0 Å². The summed E-state index contributed by atoms with van der Waals surface area (Å²) in [6.07, 6.45) is 9.43. The molecule has 0 unspecified atom stereocenters. The zero-order valence-electron chi connectivity index (χ0n) is 23.6. The highest BCUT2D eigenvalue weighted by Gasteiger charge is 2.26. The number of ether oxygens (including phenoxy) is 4. The van der Waals surface area contributed by atoms with Crippen LogP contribution < -0.4 is 10.1 Å². The highest BCUT2D eigenvalue weighted by molar-refractivity contribution is 8.32. The molecular formula is C28H38FN3O6S. The molecule has 3 aromatic rings. The lowest BCUT2D eigenvalue weighted by Crippen LogP contribution is -2.45. The molecule has 214 valence electrons. The molecule has 2 heterocycles. The van der Waals surface area contributed by atoms with Crippen LogP contribution in [0, 0.1) is 5.82 Å². The molecule has 3 rings (SSSR count). The van der Waals surface area contributed by atoms with Crippen LogP contribution in [0.3, 0.4) is 0 Å². The van der Waals surface area contributed by atoms with Gasteiger partial charge in [0, 0.05) is 24.6 Å². The van der Waals surface area contributed by atoms with E-state index >= 15 is 4.39 Å². The van der Waals surface area contributed by atoms with Gasteiger partial charge in [-0.25, -0.2) is 29.0 Å². The summed E-state index contributed by atoms with van der Waals surface area (Å²) < 4.78 is 38.7. The van der Waals surface area contributed by atoms with Crippen molar-refractivity contribution in [2.75, 3.05) is 38.2 Å². The van der Waals surface area contributed by atoms with Gasteiger partial charge in [-0.3, -0.25) is 0 Å². The van der Waals surface area contributed by atoms with E-state index < -0.39 is 39.6 Å². The van der Waals surface area contributed by atoms with Crippen molar-refractivity contribution in [2.24, 2.45) is 0 Å². The van der Waals surface area contributed by atoms with Gasteiger partial charge in [-0.2, -0.15) is 0 Å². The third kappa shape index (κ3) is 9.14. The quantitative estimate of drug-likeness (QED) is 0.251. The van der Waals surface area contributed by atoms with Gasteiger partial charge in [-0.05, 0) is 69.4 Å². The molecule has 0 bridgehead atoms. The Balaban J connectivity index is 1.71. The highest BCUT2D eigenvalue weighted by Crippen LogP contribution is 2.34. The van der Waals surface area contributed by atoms with E-state index in [4.69, 9.17) is 18.9 Å².